The molecular formula is C18H41N3. The Kier molecular flexibility index (Phi) is 9.75. The van der Waals surface area contributed by atoms with E-state index in [-0.39, 0.29) is 5.54 Å². The summed E-state index contributed by atoms with van der Waals surface area (Å²) in [5.41, 5.74) is 6.48. The average molecular weight is 300 g/mol. The van der Waals surface area contributed by atoms with Gasteiger partial charge in [-0.1, -0.05) is 33.6 Å². The van der Waals surface area contributed by atoms with Gasteiger partial charge in [0.25, 0.3) is 0 Å². The molecular weight excluding hydrogens is 258 g/mol. The van der Waals surface area contributed by atoms with Gasteiger partial charge in [-0.25, -0.2) is 0 Å². The molecule has 0 fully saturated rings. The van der Waals surface area contributed by atoms with Crippen molar-refractivity contribution in [2.75, 3.05) is 27.2 Å². The van der Waals surface area contributed by atoms with Crippen LogP contribution in [0.4, 0.5) is 0 Å². The maximum Gasteiger partial charge on any atom is 0.0112 e. The monoisotopic (exact) mass is 299 g/mol. The van der Waals surface area contributed by atoms with E-state index in [2.05, 4.69) is 58.9 Å². The lowest BCUT2D eigenvalue weighted by Gasteiger charge is -2.31. The Morgan fingerprint density at radius 3 is 1.95 bits per heavy atom. The van der Waals surface area contributed by atoms with Crippen LogP contribution in [-0.4, -0.2) is 43.7 Å². The number of nitrogens with one attached hydrogen (secondary N) is 1. The lowest BCUT2D eigenvalue weighted by atomic mass is 9.83. The van der Waals surface area contributed by atoms with E-state index in [0.717, 1.165) is 13.0 Å². The van der Waals surface area contributed by atoms with Gasteiger partial charge in [0.15, 0.2) is 0 Å². The highest BCUT2D eigenvalue weighted by atomic mass is 15.0. The summed E-state index contributed by atoms with van der Waals surface area (Å²) in [7, 11) is 4.29. The van der Waals surface area contributed by atoms with Gasteiger partial charge >= 0.3 is 0 Å². The minimum absolute atomic E-state index is 0.0887. The number of hydrogen-bond acceptors (Lipinski definition) is 3. The lowest BCUT2D eigenvalue weighted by molar-refractivity contribution is 0.267. The molecule has 0 aromatic rings. The first-order chi connectivity index (χ1) is 9.49. The maximum atomic E-state index is 6.21. The molecule has 0 radical (unpaired) electrons. The molecule has 0 bridgehead atoms. The molecule has 1 atom stereocenters. The van der Waals surface area contributed by atoms with Gasteiger partial charge in [0.2, 0.25) is 0 Å². The molecule has 3 N–H and O–H groups in total. The number of rotatable bonds is 11. The van der Waals surface area contributed by atoms with E-state index in [1.807, 2.05) is 0 Å². The van der Waals surface area contributed by atoms with Crippen LogP contribution >= 0.6 is 0 Å². The number of nitrogens with two attached hydrogens (primary N) is 1. The minimum Gasteiger partial charge on any atom is -0.326 e. The van der Waals surface area contributed by atoms with Crippen molar-refractivity contribution in [3.63, 3.8) is 0 Å². The predicted octanol–water partition coefficient (Wildman–Crippen LogP) is 3.63. The summed E-state index contributed by atoms with van der Waals surface area (Å²) >= 11 is 0. The van der Waals surface area contributed by atoms with Crippen LogP contribution in [-0.2, 0) is 0 Å². The standard InChI is InChI=1S/C18H41N3/c1-17(2,3)14-16(15-18(4,5)19)20-12-10-8-9-11-13-21(6)7/h16,20H,8-15,19H2,1-7H3. The molecule has 0 aliphatic rings. The fraction of sp³-hybridized carbons (Fsp3) is 1.00. The van der Waals surface area contributed by atoms with Crippen LogP contribution in [0.5, 0.6) is 0 Å². The fourth-order valence-corrected chi connectivity index (χ4v) is 2.80. The Balaban J connectivity index is 3.91. The van der Waals surface area contributed by atoms with Crippen molar-refractivity contribution >= 4 is 0 Å². The second-order valence-corrected chi connectivity index (χ2v) is 8.83. The third kappa shape index (κ3) is 16.1. The van der Waals surface area contributed by atoms with Crippen LogP contribution in [0.15, 0.2) is 0 Å². The Morgan fingerprint density at radius 2 is 1.48 bits per heavy atom. The molecule has 0 saturated heterocycles. The first kappa shape index (κ1) is 20.9. The van der Waals surface area contributed by atoms with Crippen LogP contribution in [0.3, 0.4) is 0 Å². The van der Waals surface area contributed by atoms with Crippen LogP contribution in [0.25, 0.3) is 0 Å². The highest BCUT2D eigenvalue weighted by Crippen LogP contribution is 2.24. The van der Waals surface area contributed by atoms with Gasteiger partial charge < -0.3 is 16.0 Å². The molecule has 0 aliphatic carbocycles. The van der Waals surface area contributed by atoms with E-state index in [0.29, 0.717) is 11.5 Å². The topological polar surface area (TPSA) is 41.3 Å². The largest absolute Gasteiger partial charge is 0.326 e. The molecule has 0 heterocycles. The zero-order valence-electron chi connectivity index (χ0n) is 15.8. The van der Waals surface area contributed by atoms with Crippen molar-refractivity contribution in [1.29, 1.82) is 0 Å². The van der Waals surface area contributed by atoms with Crippen LogP contribution in [0, 0.1) is 5.41 Å². The second-order valence-electron chi connectivity index (χ2n) is 8.83. The highest BCUT2D eigenvalue weighted by molar-refractivity contribution is 4.83. The van der Waals surface area contributed by atoms with Gasteiger partial charge in [0.1, 0.15) is 0 Å². The molecule has 0 spiro atoms. The third-order valence-electron chi connectivity index (χ3n) is 3.60. The summed E-state index contributed by atoms with van der Waals surface area (Å²) in [4.78, 5) is 2.26. The molecule has 0 aliphatic heterocycles. The molecule has 0 aromatic carbocycles. The zero-order chi connectivity index (χ0) is 16.5. The van der Waals surface area contributed by atoms with Crippen LogP contribution in [0.2, 0.25) is 0 Å². The Hall–Kier alpha value is -0.120. The minimum atomic E-state index is -0.0887. The molecule has 0 amide bonds. The lowest BCUT2D eigenvalue weighted by Crippen LogP contribution is -2.43. The molecule has 0 saturated carbocycles. The van der Waals surface area contributed by atoms with Gasteiger partial charge in [0.05, 0.1) is 0 Å². The number of hydrogen-bond donors (Lipinski definition) is 2. The van der Waals surface area contributed by atoms with E-state index in [4.69, 9.17) is 5.73 Å². The quantitative estimate of drug-likeness (QED) is 0.572. The van der Waals surface area contributed by atoms with E-state index in [1.165, 1.54) is 38.6 Å². The predicted molar refractivity (Wildman–Crippen MR) is 95.8 cm³/mol. The van der Waals surface area contributed by atoms with Gasteiger partial charge in [-0.15, -0.1) is 0 Å². The van der Waals surface area contributed by atoms with E-state index in [1.54, 1.807) is 0 Å². The Bertz CT molecular complexity index is 232. The summed E-state index contributed by atoms with van der Waals surface area (Å²) in [5, 5.41) is 3.74. The third-order valence-corrected chi connectivity index (χ3v) is 3.60. The number of nitrogens with zero attached hydrogens (tertiary/aromatic N) is 1. The molecule has 21 heavy (non-hydrogen) atoms. The zero-order valence-corrected chi connectivity index (χ0v) is 15.8. The SMILES string of the molecule is CN(C)CCCCCCNC(CC(C)(C)C)CC(C)(C)N. The summed E-state index contributed by atoms with van der Waals surface area (Å²) in [6.45, 7) is 13.5. The number of unbranched alkanes of at least 4 members (excludes halogenated alkanes) is 3. The summed E-state index contributed by atoms with van der Waals surface area (Å²) in [6, 6.07) is 0.534. The van der Waals surface area contributed by atoms with Crippen molar-refractivity contribution in [3.05, 3.63) is 0 Å². The molecule has 3 nitrogen and oxygen atoms in total. The van der Waals surface area contributed by atoms with Crippen LogP contribution < -0.4 is 11.1 Å². The van der Waals surface area contributed by atoms with Gasteiger partial charge in [-0.2, -0.15) is 0 Å². The highest BCUT2D eigenvalue weighted by Gasteiger charge is 2.23. The smallest absolute Gasteiger partial charge is 0.0112 e. The first-order valence-electron chi connectivity index (χ1n) is 8.67. The molecule has 3 heteroatoms. The molecule has 0 aromatic heterocycles. The average Bonchev–Trinajstić information content (AvgIpc) is 2.22. The molecule has 128 valence electrons. The summed E-state index contributed by atoms with van der Waals surface area (Å²) < 4.78 is 0. The van der Waals surface area contributed by atoms with Gasteiger partial charge in [0, 0.05) is 11.6 Å². The van der Waals surface area contributed by atoms with E-state index >= 15 is 0 Å². The van der Waals surface area contributed by atoms with Crippen molar-refractivity contribution < 1.29 is 0 Å². The summed E-state index contributed by atoms with van der Waals surface area (Å²) in [6.07, 6.45) is 7.49. The van der Waals surface area contributed by atoms with Gasteiger partial charge in [-0.05, 0) is 72.1 Å². The van der Waals surface area contributed by atoms with Gasteiger partial charge in [-0.3, -0.25) is 0 Å². The maximum absolute atomic E-state index is 6.21. The molecule has 1 unspecified atom stereocenters. The molecule has 0 rings (SSSR count). The second kappa shape index (κ2) is 9.81. The van der Waals surface area contributed by atoms with E-state index < -0.39 is 0 Å². The fourth-order valence-electron chi connectivity index (χ4n) is 2.80. The first-order valence-corrected chi connectivity index (χ1v) is 8.67. The Labute approximate surface area is 134 Å². The van der Waals surface area contributed by atoms with Crippen LogP contribution in [0.1, 0.15) is 73.1 Å². The summed E-state index contributed by atoms with van der Waals surface area (Å²) in [5.74, 6) is 0. The van der Waals surface area contributed by atoms with Crippen molar-refractivity contribution in [1.82, 2.24) is 10.2 Å². The van der Waals surface area contributed by atoms with E-state index in [9.17, 15) is 0 Å². The Morgan fingerprint density at radius 1 is 0.905 bits per heavy atom. The normalized spacial score (nSPS) is 14.7. The van der Waals surface area contributed by atoms with Crippen molar-refractivity contribution in [3.8, 4) is 0 Å². The van der Waals surface area contributed by atoms with Crippen molar-refractivity contribution in [2.45, 2.75) is 84.7 Å². The van der Waals surface area contributed by atoms with Crippen molar-refractivity contribution in [2.24, 2.45) is 11.1 Å².